The Labute approximate surface area is 198 Å². The van der Waals surface area contributed by atoms with E-state index >= 15 is 0 Å². The molecule has 32 heavy (non-hydrogen) atoms. The Morgan fingerprint density at radius 3 is 2.59 bits per heavy atom. The number of hydrogen-bond acceptors (Lipinski definition) is 4. The third-order valence-corrected chi connectivity index (χ3v) is 6.10. The molecule has 0 aliphatic carbocycles. The maximum Gasteiger partial charge on any atom is 0.410 e. The van der Waals surface area contributed by atoms with E-state index in [1.807, 2.05) is 58.0 Å². The summed E-state index contributed by atoms with van der Waals surface area (Å²) in [6, 6.07) is 13.6. The van der Waals surface area contributed by atoms with Crippen molar-refractivity contribution in [1.29, 1.82) is 0 Å². The molecule has 3 aromatic rings. The van der Waals surface area contributed by atoms with Crippen molar-refractivity contribution in [3.05, 3.63) is 58.1 Å². The normalized spacial score (nSPS) is 17.1. The van der Waals surface area contributed by atoms with Crippen molar-refractivity contribution in [2.45, 2.75) is 45.9 Å². The van der Waals surface area contributed by atoms with Crippen molar-refractivity contribution < 1.29 is 9.53 Å². The van der Waals surface area contributed by atoms with Gasteiger partial charge in [-0.15, -0.1) is 0 Å². The highest BCUT2D eigenvalue weighted by molar-refractivity contribution is 6.35. The first-order valence-corrected chi connectivity index (χ1v) is 11.5. The molecular formula is C24H28Cl2N4O2. The Balaban J connectivity index is 1.62. The van der Waals surface area contributed by atoms with Crippen molar-refractivity contribution in [1.82, 2.24) is 14.5 Å². The lowest BCUT2D eigenvalue weighted by atomic mass is 10.2. The number of anilines is 1. The molecular weight excluding hydrogens is 447 g/mol. The molecule has 0 spiro atoms. The molecule has 1 aliphatic heterocycles. The number of aromatic nitrogens is 2. The fourth-order valence-corrected chi connectivity index (χ4v) is 4.48. The molecule has 0 saturated carbocycles. The molecule has 4 rings (SSSR count). The fourth-order valence-electron chi connectivity index (χ4n) is 4.01. The van der Waals surface area contributed by atoms with E-state index in [0.29, 0.717) is 36.2 Å². The summed E-state index contributed by atoms with van der Waals surface area (Å²) >= 11 is 12.6. The number of nitrogens with zero attached hydrogens (tertiary/aromatic N) is 4. The minimum absolute atomic E-state index is 0.00835. The van der Waals surface area contributed by atoms with Gasteiger partial charge in [-0.25, -0.2) is 9.78 Å². The topological polar surface area (TPSA) is 50.6 Å². The number of fused-ring (bicyclic) bond motifs is 1. The van der Waals surface area contributed by atoms with E-state index in [0.717, 1.165) is 22.5 Å². The quantitative estimate of drug-likeness (QED) is 0.478. The van der Waals surface area contributed by atoms with Gasteiger partial charge in [0.2, 0.25) is 5.95 Å². The third kappa shape index (κ3) is 4.81. The second-order valence-corrected chi connectivity index (χ2v) is 10.0. The van der Waals surface area contributed by atoms with Crippen LogP contribution in [0.1, 0.15) is 33.3 Å². The SMILES string of the molecule is C[C@@H]1CN(c2nc3ccccc3n2Cc2ccc(Cl)cc2Cl)CCN1C(=O)OC(C)(C)C. The highest BCUT2D eigenvalue weighted by Gasteiger charge is 2.32. The lowest BCUT2D eigenvalue weighted by Crippen LogP contribution is -2.55. The average molecular weight is 475 g/mol. The number of amides is 1. The summed E-state index contributed by atoms with van der Waals surface area (Å²) in [4.78, 5) is 21.6. The first kappa shape index (κ1) is 22.7. The highest BCUT2D eigenvalue weighted by atomic mass is 35.5. The largest absolute Gasteiger partial charge is 0.444 e. The summed E-state index contributed by atoms with van der Waals surface area (Å²) < 4.78 is 7.77. The van der Waals surface area contributed by atoms with Gasteiger partial charge in [-0.3, -0.25) is 0 Å². The molecule has 1 aliphatic rings. The van der Waals surface area contributed by atoms with Crippen molar-refractivity contribution in [3.63, 3.8) is 0 Å². The minimum atomic E-state index is -0.514. The van der Waals surface area contributed by atoms with Gasteiger partial charge in [-0.1, -0.05) is 41.4 Å². The molecule has 1 fully saturated rings. The van der Waals surface area contributed by atoms with Crippen molar-refractivity contribution in [2.24, 2.45) is 0 Å². The van der Waals surface area contributed by atoms with Crippen LogP contribution >= 0.6 is 23.2 Å². The van der Waals surface area contributed by atoms with Gasteiger partial charge in [0.15, 0.2) is 0 Å². The molecule has 0 N–H and O–H groups in total. The van der Waals surface area contributed by atoms with Crippen LogP contribution < -0.4 is 4.90 Å². The molecule has 0 radical (unpaired) electrons. The maximum absolute atomic E-state index is 12.6. The van der Waals surface area contributed by atoms with Gasteiger partial charge in [-0.2, -0.15) is 0 Å². The molecule has 1 aromatic heterocycles. The van der Waals surface area contributed by atoms with Crippen LogP contribution in [0.15, 0.2) is 42.5 Å². The van der Waals surface area contributed by atoms with Crippen LogP contribution in [0.25, 0.3) is 11.0 Å². The van der Waals surface area contributed by atoms with E-state index in [1.54, 1.807) is 11.0 Å². The molecule has 0 unspecified atom stereocenters. The minimum Gasteiger partial charge on any atom is -0.444 e. The first-order chi connectivity index (χ1) is 15.1. The van der Waals surface area contributed by atoms with E-state index in [-0.39, 0.29) is 12.1 Å². The smallest absolute Gasteiger partial charge is 0.410 e. The van der Waals surface area contributed by atoms with E-state index < -0.39 is 5.60 Å². The Morgan fingerprint density at radius 1 is 1.16 bits per heavy atom. The second kappa shape index (κ2) is 8.83. The van der Waals surface area contributed by atoms with E-state index in [9.17, 15) is 4.79 Å². The Kier molecular flexibility index (Phi) is 6.28. The molecule has 8 heteroatoms. The molecule has 6 nitrogen and oxygen atoms in total. The van der Waals surface area contributed by atoms with Gasteiger partial charge in [0.05, 0.1) is 17.6 Å². The summed E-state index contributed by atoms with van der Waals surface area (Å²) in [6.07, 6.45) is -0.272. The number of benzene rings is 2. The molecule has 0 bridgehead atoms. The number of rotatable bonds is 3. The van der Waals surface area contributed by atoms with E-state index in [1.165, 1.54) is 0 Å². The Bertz CT molecular complexity index is 1140. The summed E-state index contributed by atoms with van der Waals surface area (Å²) in [5.74, 6) is 0.868. The van der Waals surface area contributed by atoms with Gasteiger partial charge < -0.3 is 19.1 Å². The molecule has 1 atom stereocenters. The Hall–Kier alpha value is -2.44. The summed E-state index contributed by atoms with van der Waals surface area (Å²) in [5.41, 5.74) is 2.42. The number of para-hydroxylation sites is 2. The van der Waals surface area contributed by atoms with Crippen LogP contribution in [0.4, 0.5) is 10.7 Å². The summed E-state index contributed by atoms with van der Waals surface area (Å²) in [5, 5.41) is 1.24. The first-order valence-electron chi connectivity index (χ1n) is 10.8. The molecule has 2 aromatic carbocycles. The maximum atomic E-state index is 12.6. The van der Waals surface area contributed by atoms with Crippen molar-refractivity contribution in [3.8, 4) is 0 Å². The van der Waals surface area contributed by atoms with Crippen LogP contribution in [-0.2, 0) is 11.3 Å². The van der Waals surface area contributed by atoms with E-state index in [4.69, 9.17) is 32.9 Å². The number of halogens is 2. The number of carbonyl (C=O) groups is 1. The predicted octanol–water partition coefficient (Wildman–Crippen LogP) is 5.84. The zero-order chi connectivity index (χ0) is 23.0. The van der Waals surface area contributed by atoms with E-state index in [2.05, 4.69) is 15.5 Å². The second-order valence-electron chi connectivity index (χ2n) is 9.19. The van der Waals surface area contributed by atoms with Crippen LogP contribution in [0.3, 0.4) is 0 Å². The van der Waals surface area contributed by atoms with Crippen LogP contribution in [0.2, 0.25) is 10.0 Å². The highest BCUT2D eigenvalue weighted by Crippen LogP contribution is 2.29. The van der Waals surface area contributed by atoms with Gasteiger partial charge in [-0.05, 0) is 57.5 Å². The molecule has 2 heterocycles. The number of carbonyl (C=O) groups excluding carboxylic acids is 1. The zero-order valence-corrected chi connectivity index (χ0v) is 20.3. The van der Waals surface area contributed by atoms with Gasteiger partial charge >= 0.3 is 6.09 Å². The van der Waals surface area contributed by atoms with Crippen molar-refractivity contribution >= 4 is 46.3 Å². The number of ether oxygens (including phenoxy) is 1. The number of piperazine rings is 1. The van der Waals surface area contributed by atoms with Gasteiger partial charge in [0.1, 0.15) is 5.60 Å². The number of hydrogen-bond donors (Lipinski definition) is 0. The predicted molar refractivity (Wildman–Crippen MR) is 130 cm³/mol. The lowest BCUT2D eigenvalue weighted by molar-refractivity contribution is 0.0158. The number of imidazole rings is 1. The van der Waals surface area contributed by atoms with Crippen LogP contribution in [-0.4, -0.2) is 51.8 Å². The third-order valence-electron chi connectivity index (χ3n) is 5.52. The van der Waals surface area contributed by atoms with Crippen molar-refractivity contribution in [2.75, 3.05) is 24.5 Å². The zero-order valence-electron chi connectivity index (χ0n) is 18.8. The standard InChI is InChI=1S/C24H28Cl2N4O2/c1-16-14-28(11-12-29(16)23(31)32-24(2,3)4)22-27-20-7-5-6-8-21(20)30(22)15-17-9-10-18(25)13-19(17)26/h5-10,13,16H,11-12,14-15H2,1-4H3/t16-/m1/s1. The monoisotopic (exact) mass is 474 g/mol. The summed E-state index contributed by atoms with van der Waals surface area (Å²) in [7, 11) is 0. The summed E-state index contributed by atoms with van der Waals surface area (Å²) in [6.45, 7) is 10.2. The Morgan fingerprint density at radius 2 is 1.91 bits per heavy atom. The van der Waals surface area contributed by atoms with Crippen LogP contribution in [0.5, 0.6) is 0 Å². The molecule has 1 saturated heterocycles. The lowest BCUT2D eigenvalue weighted by Gasteiger charge is -2.40. The fraction of sp³-hybridized carbons (Fsp3) is 0.417. The molecule has 1 amide bonds. The van der Waals surface area contributed by atoms with Crippen LogP contribution in [0, 0.1) is 0 Å². The van der Waals surface area contributed by atoms with Gasteiger partial charge in [0, 0.05) is 35.7 Å². The average Bonchev–Trinajstić information content (AvgIpc) is 3.07. The van der Waals surface area contributed by atoms with Gasteiger partial charge in [0.25, 0.3) is 0 Å². The molecule has 170 valence electrons.